The third-order valence-electron chi connectivity index (χ3n) is 3.27. The number of nitrogens with one attached hydrogen (secondary N) is 1. The van der Waals surface area contributed by atoms with Gasteiger partial charge in [-0.3, -0.25) is 4.79 Å². The topological polar surface area (TPSA) is 90.4 Å². The lowest BCUT2D eigenvalue weighted by molar-refractivity contribution is -0.0615. The van der Waals surface area contributed by atoms with Gasteiger partial charge in [0.25, 0.3) is 5.91 Å². The van der Waals surface area contributed by atoms with E-state index < -0.39 is 0 Å². The van der Waals surface area contributed by atoms with Gasteiger partial charge in [0.2, 0.25) is 0 Å². The standard InChI is InChI=1S/C14H21N3O2/c1-14(2)8-12(3-4-19-14)17-13(18)9-5-10(15)7-11(16)6-9/h5-7,12H,3-4,8,15-16H2,1-2H3,(H,17,18). The predicted molar refractivity (Wildman–Crippen MR) is 75.8 cm³/mol. The highest BCUT2D eigenvalue weighted by atomic mass is 16.5. The zero-order chi connectivity index (χ0) is 14.0. The Kier molecular flexibility index (Phi) is 3.66. The number of benzene rings is 1. The number of nitrogen functional groups attached to an aromatic ring is 2. The summed E-state index contributed by atoms with van der Waals surface area (Å²) in [5, 5.41) is 3.02. The minimum absolute atomic E-state index is 0.124. The number of anilines is 2. The number of nitrogens with two attached hydrogens (primary N) is 2. The van der Waals surface area contributed by atoms with Crippen LogP contribution in [0.2, 0.25) is 0 Å². The summed E-state index contributed by atoms with van der Waals surface area (Å²) < 4.78 is 5.63. The quantitative estimate of drug-likeness (QED) is 0.706. The fourth-order valence-corrected chi connectivity index (χ4v) is 2.43. The number of carbonyl (C=O) groups excluding carboxylic acids is 1. The van der Waals surface area contributed by atoms with Gasteiger partial charge >= 0.3 is 0 Å². The first kappa shape index (κ1) is 13.7. The van der Waals surface area contributed by atoms with Gasteiger partial charge in [0.1, 0.15) is 0 Å². The van der Waals surface area contributed by atoms with E-state index >= 15 is 0 Å². The molecular formula is C14H21N3O2. The van der Waals surface area contributed by atoms with Crippen molar-refractivity contribution in [3.63, 3.8) is 0 Å². The summed E-state index contributed by atoms with van der Waals surface area (Å²) in [6.45, 7) is 4.73. The fraction of sp³-hybridized carbons (Fsp3) is 0.500. The molecule has 0 radical (unpaired) electrons. The van der Waals surface area contributed by atoms with Gasteiger partial charge in [-0.15, -0.1) is 0 Å². The summed E-state index contributed by atoms with van der Waals surface area (Å²) in [5.41, 5.74) is 12.7. The van der Waals surface area contributed by atoms with E-state index in [1.165, 1.54) is 0 Å². The highest BCUT2D eigenvalue weighted by Crippen LogP contribution is 2.24. The second-order valence-corrected chi connectivity index (χ2v) is 5.66. The molecule has 2 rings (SSSR count). The molecule has 1 aliphatic heterocycles. The molecule has 5 nitrogen and oxygen atoms in total. The van der Waals surface area contributed by atoms with Gasteiger partial charge in [0.15, 0.2) is 0 Å². The Morgan fingerprint density at radius 1 is 1.32 bits per heavy atom. The maximum absolute atomic E-state index is 12.2. The van der Waals surface area contributed by atoms with Gasteiger partial charge in [-0.2, -0.15) is 0 Å². The van der Waals surface area contributed by atoms with Gasteiger partial charge in [-0.05, 0) is 44.9 Å². The molecule has 0 saturated carbocycles. The average Bonchev–Trinajstić information content (AvgIpc) is 2.26. The van der Waals surface area contributed by atoms with Crippen LogP contribution in [0.1, 0.15) is 37.0 Å². The van der Waals surface area contributed by atoms with Crippen molar-refractivity contribution in [1.29, 1.82) is 0 Å². The Morgan fingerprint density at radius 2 is 1.95 bits per heavy atom. The molecular weight excluding hydrogens is 242 g/mol. The van der Waals surface area contributed by atoms with Crippen LogP contribution in [0.15, 0.2) is 18.2 Å². The van der Waals surface area contributed by atoms with Crippen molar-refractivity contribution in [2.45, 2.75) is 38.3 Å². The van der Waals surface area contributed by atoms with Crippen molar-refractivity contribution in [2.75, 3.05) is 18.1 Å². The van der Waals surface area contributed by atoms with E-state index in [1.807, 2.05) is 13.8 Å². The Morgan fingerprint density at radius 3 is 2.53 bits per heavy atom. The smallest absolute Gasteiger partial charge is 0.251 e. The van der Waals surface area contributed by atoms with E-state index in [4.69, 9.17) is 16.2 Å². The van der Waals surface area contributed by atoms with Crippen molar-refractivity contribution >= 4 is 17.3 Å². The van der Waals surface area contributed by atoms with Crippen molar-refractivity contribution in [1.82, 2.24) is 5.32 Å². The molecule has 19 heavy (non-hydrogen) atoms. The lowest BCUT2D eigenvalue weighted by atomic mass is 9.93. The van der Waals surface area contributed by atoms with Gasteiger partial charge in [0.05, 0.1) is 5.60 Å². The molecule has 1 aromatic carbocycles. The van der Waals surface area contributed by atoms with E-state index in [0.717, 1.165) is 12.8 Å². The average molecular weight is 263 g/mol. The minimum Gasteiger partial charge on any atom is -0.399 e. The van der Waals surface area contributed by atoms with Crippen LogP contribution < -0.4 is 16.8 Å². The summed E-state index contributed by atoms with van der Waals surface area (Å²) in [7, 11) is 0. The van der Waals surface area contributed by atoms with E-state index in [2.05, 4.69) is 5.32 Å². The lowest BCUT2D eigenvalue weighted by Gasteiger charge is -2.35. The SMILES string of the molecule is CC1(C)CC(NC(=O)c2cc(N)cc(N)c2)CCO1. The maximum atomic E-state index is 12.2. The van der Waals surface area contributed by atoms with Crippen LogP contribution in [-0.2, 0) is 4.74 Å². The van der Waals surface area contributed by atoms with Gasteiger partial charge in [-0.25, -0.2) is 0 Å². The highest BCUT2D eigenvalue weighted by Gasteiger charge is 2.29. The molecule has 5 N–H and O–H groups in total. The Balaban J connectivity index is 2.04. The highest BCUT2D eigenvalue weighted by molar-refractivity contribution is 5.96. The third-order valence-corrected chi connectivity index (χ3v) is 3.27. The Labute approximate surface area is 113 Å². The normalized spacial score (nSPS) is 21.9. The molecule has 0 bridgehead atoms. The van der Waals surface area contributed by atoms with E-state index in [1.54, 1.807) is 18.2 Å². The Hall–Kier alpha value is -1.75. The van der Waals surface area contributed by atoms with Crippen molar-refractivity contribution in [3.8, 4) is 0 Å². The molecule has 0 aliphatic carbocycles. The largest absolute Gasteiger partial charge is 0.399 e. The molecule has 1 unspecified atom stereocenters. The molecule has 1 saturated heterocycles. The number of amides is 1. The molecule has 0 aromatic heterocycles. The molecule has 0 spiro atoms. The van der Waals surface area contributed by atoms with Gasteiger partial charge < -0.3 is 21.5 Å². The van der Waals surface area contributed by atoms with Crippen molar-refractivity contribution in [2.24, 2.45) is 0 Å². The molecule has 1 aromatic rings. The zero-order valence-corrected chi connectivity index (χ0v) is 11.4. The summed E-state index contributed by atoms with van der Waals surface area (Å²) in [6.07, 6.45) is 1.63. The number of hydrogen-bond donors (Lipinski definition) is 3. The summed E-state index contributed by atoms with van der Waals surface area (Å²) in [5.74, 6) is -0.137. The maximum Gasteiger partial charge on any atom is 0.251 e. The number of rotatable bonds is 2. The summed E-state index contributed by atoms with van der Waals surface area (Å²) in [6, 6.07) is 5.03. The van der Waals surface area contributed by atoms with Crippen molar-refractivity contribution in [3.05, 3.63) is 23.8 Å². The van der Waals surface area contributed by atoms with Crippen LogP contribution in [0.4, 0.5) is 11.4 Å². The zero-order valence-electron chi connectivity index (χ0n) is 11.4. The number of ether oxygens (including phenoxy) is 1. The molecule has 1 atom stereocenters. The van der Waals surface area contributed by atoms with Crippen LogP contribution in [0, 0.1) is 0 Å². The van der Waals surface area contributed by atoms with Crippen LogP contribution in [0.5, 0.6) is 0 Å². The molecule has 5 heteroatoms. The predicted octanol–water partition coefficient (Wildman–Crippen LogP) is 1.54. The second kappa shape index (κ2) is 5.09. The van der Waals surface area contributed by atoms with Gasteiger partial charge in [-0.1, -0.05) is 0 Å². The molecule has 1 amide bonds. The van der Waals surface area contributed by atoms with Crippen LogP contribution in [0.25, 0.3) is 0 Å². The first-order valence-electron chi connectivity index (χ1n) is 6.47. The summed E-state index contributed by atoms with van der Waals surface area (Å²) in [4.78, 5) is 12.2. The van der Waals surface area contributed by atoms with E-state index in [0.29, 0.717) is 23.5 Å². The molecule has 1 heterocycles. The molecule has 1 aliphatic rings. The summed E-state index contributed by atoms with van der Waals surface area (Å²) >= 11 is 0. The Bertz CT molecular complexity index is 465. The lowest BCUT2D eigenvalue weighted by Crippen LogP contribution is -2.45. The van der Waals surface area contributed by atoms with Crippen LogP contribution in [-0.4, -0.2) is 24.2 Å². The molecule has 1 fully saturated rings. The first-order valence-corrected chi connectivity index (χ1v) is 6.47. The number of carbonyl (C=O) groups is 1. The second-order valence-electron chi connectivity index (χ2n) is 5.66. The monoisotopic (exact) mass is 263 g/mol. The van der Waals surface area contributed by atoms with Crippen LogP contribution in [0.3, 0.4) is 0 Å². The van der Waals surface area contributed by atoms with Gasteiger partial charge in [0, 0.05) is 29.6 Å². The third kappa shape index (κ3) is 3.61. The fourth-order valence-electron chi connectivity index (χ4n) is 2.43. The molecule has 104 valence electrons. The van der Waals surface area contributed by atoms with E-state index in [9.17, 15) is 4.79 Å². The van der Waals surface area contributed by atoms with Crippen LogP contribution >= 0.6 is 0 Å². The number of hydrogen-bond acceptors (Lipinski definition) is 4. The van der Waals surface area contributed by atoms with Crippen molar-refractivity contribution < 1.29 is 9.53 Å². The first-order chi connectivity index (χ1) is 8.85. The van der Waals surface area contributed by atoms with E-state index in [-0.39, 0.29) is 17.6 Å². The minimum atomic E-state index is -0.190.